The summed E-state index contributed by atoms with van der Waals surface area (Å²) in [4.78, 5) is 0. The molecule has 0 bridgehead atoms. The van der Waals surface area contributed by atoms with Crippen LogP contribution in [-0.4, -0.2) is 24.9 Å². The first-order chi connectivity index (χ1) is 6.24. The van der Waals surface area contributed by atoms with E-state index in [9.17, 15) is 0 Å². The summed E-state index contributed by atoms with van der Waals surface area (Å²) in [5.41, 5.74) is 0.00754. The summed E-state index contributed by atoms with van der Waals surface area (Å²) in [5, 5.41) is 0. The van der Waals surface area contributed by atoms with Crippen LogP contribution in [0.4, 0.5) is 0 Å². The van der Waals surface area contributed by atoms with Crippen molar-refractivity contribution in [2.45, 2.75) is 38.4 Å². The Balaban J connectivity index is 2.05. The fourth-order valence-corrected chi connectivity index (χ4v) is 2.36. The Labute approximate surface area is 79.9 Å². The van der Waals surface area contributed by atoms with Crippen molar-refractivity contribution < 1.29 is 9.47 Å². The van der Waals surface area contributed by atoms with Gasteiger partial charge in [0.25, 0.3) is 0 Å². The second kappa shape index (κ2) is 3.43. The van der Waals surface area contributed by atoms with Crippen molar-refractivity contribution in [2.75, 3.05) is 13.2 Å². The van der Waals surface area contributed by atoms with Gasteiger partial charge in [0.1, 0.15) is 0 Å². The Morgan fingerprint density at radius 3 is 3.23 bits per heavy atom. The van der Waals surface area contributed by atoms with Crippen LogP contribution in [-0.2, 0) is 9.47 Å². The van der Waals surface area contributed by atoms with Crippen LogP contribution in [0.1, 0.15) is 26.7 Å². The number of rotatable bonds is 2. The molecule has 0 spiro atoms. The van der Waals surface area contributed by atoms with Gasteiger partial charge in [-0.15, -0.1) is 0 Å². The van der Waals surface area contributed by atoms with Gasteiger partial charge >= 0.3 is 0 Å². The highest BCUT2D eigenvalue weighted by molar-refractivity contribution is 5.13. The van der Waals surface area contributed by atoms with Crippen LogP contribution >= 0.6 is 0 Å². The predicted octanol–water partition coefficient (Wildman–Crippen LogP) is 2.15. The lowest BCUT2D eigenvalue weighted by molar-refractivity contribution is 0.00116. The van der Waals surface area contributed by atoms with Gasteiger partial charge in [0.05, 0.1) is 11.7 Å². The number of fused-ring (bicyclic) bond motifs is 1. The van der Waals surface area contributed by atoms with Crippen LogP contribution in [0.5, 0.6) is 0 Å². The van der Waals surface area contributed by atoms with Crippen LogP contribution in [0.25, 0.3) is 0 Å². The van der Waals surface area contributed by atoms with E-state index in [0.717, 1.165) is 19.6 Å². The van der Waals surface area contributed by atoms with Crippen LogP contribution < -0.4 is 0 Å². The van der Waals surface area contributed by atoms with Crippen molar-refractivity contribution in [3.8, 4) is 0 Å². The van der Waals surface area contributed by atoms with Crippen LogP contribution in [0.15, 0.2) is 12.2 Å². The molecular formula is C11H18O2. The Kier molecular flexibility index (Phi) is 2.43. The van der Waals surface area contributed by atoms with Gasteiger partial charge in [-0.2, -0.15) is 0 Å². The molecule has 2 heteroatoms. The second-order valence-corrected chi connectivity index (χ2v) is 4.11. The van der Waals surface area contributed by atoms with Gasteiger partial charge in [0.2, 0.25) is 0 Å². The van der Waals surface area contributed by atoms with Crippen molar-refractivity contribution in [3.05, 3.63) is 12.2 Å². The minimum Gasteiger partial charge on any atom is -0.374 e. The first kappa shape index (κ1) is 9.22. The van der Waals surface area contributed by atoms with E-state index in [4.69, 9.17) is 9.47 Å². The van der Waals surface area contributed by atoms with E-state index in [2.05, 4.69) is 19.1 Å². The number of ether oxygens (including phenoxy) is 2. The highest BCUT2D eigenvalue weighted by Gasteiger charge is 2.41. The number of hydrogen-bond donors (Lipinski definition) is 0. The fourth-order valence-electron chi connectivity index (χ4n) is 2.36. The van der Waals surface area contributed by atoms with Gasteiger partial charge in [0, 0.05) is 13.2 Å². The first-order valence-corrected chi connectivity index (χ1v) is 5.19. The molecule has 0 N–H and O–H groups in total. The van der Waals surface area contributed by atoms with Gasteiger partial charge in [0.15, 0.2) is 0 Å². The zero-order chi connectivity index (χ0) is 9.31. The van der Waals surface area contributed by atoms with E-state index in [1.165, 1.54) is 6.42 Å². The molecule has 0 saturated carbocycles. The standard InChI is InChI=1S/C11H18O2/c1-3-12-10-4-6-11(2)9(8-10)5-7-13-11/h4,6,9-10H,3,5,7-8H2,1-2H3/t9-,10-,11+/m1/s1. The quantitative estimate of drug-likeness (QED) is 0.609. The minimum absolute atomic E-state index is 0.00754. The Bertz CT molecular complexity index is 212. The molecule has 1 fully saturated rings. The molecule has 1 aliphatic heterocycles. The summed E-state index contributed by atoms with van der Waals surface area (Å²) in [6.07, 6.45) is 6.98. The van der Waals surface area contributed by atoms with E-state index >= 15 is 0 Å². The zero-order valence-electron chi connectivity index (χ0n) is 8.45. The summed E-state index contributed by atoms with van der Waals surface area (Å²) < 4.78 is 11.3. The third kappa shape index (κ3) is 1.65. The third-order valence-corrected chi connectivity index (χ3v) is 3.23. The maximum Gasteiger partial charge on any atom is 0.0865 e. The Hall–Kier alpha value is -0.340. The summed E-state index contributed by atoms with van der Waals surface area (Å²) in [6.45, 7) is 5.94. The lowest BCUT2D eigenvalue weighted by atomic mass is 9.80. The van der Waals surface area contributed by atoms with E-state index < -0.39 is 0 Å². The second-order valence-electron chi connectivity index (χ2n) is 4.11. The number of hydrogen-bond acceptors (Lipinski definition) is 2. The van der Waals surface area contributed by atoms with Crippen molar-refractivity contribution >= 4 is 0 Å². The lowest BCUT2D eigenvalue weighted by Gasteiger charge is -2.33. The molecule has 2 aliphatic rings. The zero-order valence-corrected chi connectivity index (χ0v) is 8.45. The highest BCUT2D eigenvalue weighted by Crippen LogP contribution is 2.39. The molecule has 0 aromatic heterocycles. The third-order valence-electron chi connectivity index (χ3n) is 3.23. The molecule has 0 unspecified atom stereocenters. The molecule has 2 nitrogen and oxygen atoms in total. The molecule has 74 valence electrons. The SMILES string of the molecule is CCO[C@@H]1C=C[C@]2(C)OCC[C@@H]2C1. The molecule has 1 aliphatic carbocycles. The molecule has 1 saturated heterocycles. The summed E-state index contributed by atoms with van der Waals surface area (Å²) in [5.74, 6) is 0.661. The van der Waals surface area contributed by atoms with Crippen LogP contribution in [0, 0.1) is 5.92 Å². The van der Waals surface area contributed by atoms with Gasteiger partial charge in [-0.1, -0.05) is 12.2 Å². The van der Waals surface area contributed by atoms with Gasteiger partial charge < -0.3 is 9.47 Å². The van der Waals surface area contributed by atoms with Crippen molar-refractivity contribution in [3.63, 3.8) is 0 Å². The molecule has 13 heavy (non-hydrogen) atoms. The first-order valence-electron chi connectivity index (χ1n) is 5.19. The largest absolute Gasteiger partial charge is 0.374 e. The Morgan fingerprint density at radius 1 is 1.62 bits per heavy atom. The Morgan fingerprint density at radius 2 is 2.46 bits per heavy atom. The van der Waals surface area contributed by atoms with Crippen molar-refractivity contribution in [1.29, 1.82) is 0 Å². The highest BCUT2D eigenvalue weighted by atomic mass is 16.5. The maximum absolute atomic E-state index is 5.73. The van der Waals surface area contributed by atoms with Gasteiger partial charge in [-0.05, 0) is 32.6 Å². The summed E-state index contributed by atoms with van der Waals surface area (Å²) >= 11 is 0. The topological polar surface area (TPSA) is 18.5 Å². The summed E-state index contributed by atoms with van der Waals surface area (Å²) in [6, 6.07) is 0. The molecule has 2 rings (SSSR count). The predicted molar refractivity (Wildman–Crippen MR) is 51.6 cm³/mol. The van der Waals surface area contributed by atoms with E-state index in [1.807, 2.05) is 6.92 Å². The normalized spacial score (nSPS) is 43.5. The van der Waals surface area contributed by atoms with E-state index in [1.54, 1.807) is 0 Å². The van der Waals surface area contributed by atoms with Crippen molar-refractivity contribution in [2.24, 2.45) is 5.92 Å². The lowest BCUT2D eigenvalue weighted by Crippen LogP contribution is -2.35. The van der Waals surface area contributed by atoms with Gasteiger partial charge in [-0.3, -0.25) is 0 Å². The van der Waals surface area contributed by atoms with Gasteiger partial charge in [-0.25, -0.2) is 0 Å². The monoisotopic (exact) mass is 182 g/mol. The molecule has 0 radical (unpaired) electrons. The summed E-state index contributed by atoms with van der Waals surface area (Å²) in [7, 11) is 0. The smallest absolute Gasteiger partial charge is 0.0865 e. The van der Waals surface area contributed by atoms with Crippen LogP contribution in [0.3, 0.4) is 0 Å². The molecule has 0 aromatic carbocycles. The molecule has 0 aromatic rings. The molecule has 1 heterocycles. The molecule has 3 atom stereocenters. The van der Waals surface area contributed by atoms with E-state index in [-0.39, 0.29) is 5.60 Å². The average Bonchev–Trinajstić information content (AvgIpc) is 2.47. The minimum atomic E-state index is 0.00754. The van der Waals surface area contributed by atoms with E-state index in [0.29, 0.717) is 12.0 Å². The van der Waals surface area contributed by atoms with Crippen LogP contribution in [0.2, 0.25) is 0 Å². The molecular weight excluding hydrogens is 164 g/mol. The fraction of sp³-hybridized carbons (Fsp3) is 0.818. The maximum atomic E-state index is 5.73. The molecule has 0 amide bonds. The average molecular weight is 182 g/mol. The van der Waals surface area contributed by atoms with Crippen molar-refractivity contribution in [1.82, 2.24) is 0 Å².